The largest absolute Gasteiger partial charge is 0.443 e. The molecule has 0 aliphatic heterocycles. The Bertz CT molecular complexity index is 1660. The topological polar surface area (TPSA) is 145 Å². The first-order valence-corrected chi connectivity index (χ1v) is 13.6. The summed E-state index contributed by atoms with van der Waals surface area (Å²) < 4.78 is 13.8. The molecule has 1 aliphatic carbocycles. The predicted molar refractivity (Wildman–Crippen MR) is 157 cm³/mol. The van der Waals surface area contributed by atoms with Crippen molar-refractivity contribution in [2.24, 2.45) is 0 Å². The van der Waals surface area contributed by atoms with Gasteiger partial charge in [-0.3, -0.25) is 19.1 Å². The van der Waals surface area contributed by atoms with Gasteiger partial charge in [0.25, 0.3) is 11.5 Å². The van der Waals surface area contributed by atoms with Crippen molar-refractivity contribution in [3.8, 4) is 5.82 Å². The van der Waals surface area contributed by atoms with E-state index in [-0.39, 0.29) is 52.1 Å². The van der Waals surface area contributed by atoms with Crippen molar-refractivity contribution in [3.05, 3.63) is 70.9 Å². The molecule has 2 amide bonds. The van der Waals surface area contributed by atoms with Gasteiger partial charge in [-0.05, 0) is 64.3 Å². The van der Waals surface area contributed by atoms with Crippen LogP contribution in [-0.4, -0.2) is 68.1 Å². The summed E-state index contributed by atoms with van der Waals surface area (Å²) >= 11 is 0. The highest BCUT2D eigenvalue weighted by Crippen LogP contribution is 2.26. The van der Waals surface area contributed by atoms with Gasteiger partial charge < -0.3 is 20.1 Å². The molecule has 0 radical (unpaired) electrons. The van der Waals surface area contributed by atoms with Crippen LogP contribution in [0.25, 0.3) is 11.5 Å². The van der Waals surface area contributed by atoms with E-state index in [1.807, 2.05) is 0 Å². The lowest BCUT2D eigenvalue weighted by atomic mass is 10.2. The van der Waals surface area contributed by atoms with E-state index < -0.39 is 11.7 Å². The third-order valence-electron chi connectivity index (χ3n) is 6.87. The van der Waals surface area contributed by atoms with E-state index >= 15 is 0 Å². The lowest BCUT2D eigenvalue weighted by Crippen LogP contribution is -2.35. The molecule has 220 valence electrons. The minimum atomic E-state index is -0.740. The molecule has 1 aliphatic rings. The molecule has 0 aromatic carbocycles. The standard InChI is InChI=1S/C29H34N8O5/c1-29(2,3)42-28(40)35(4)24-16-22(33-21-9-8-14-36(27(21)39)23-10-6-7-13-30-23)34-25-20(17-31-37(24)25)26(38)32-18-11-12-19(15-18)41-5/h6-10,13-14,16-19H,11-12,15H2,1-5H3,(H,32,38)(H,33,34)/t18?,19-/m0/s1. The molecule has 0 bridgehead atoms. The molecule has 4 aromatic rings. The van der Waals surface area contributed by atoms with Gasteiger partial charge in [0.05, 0.1) is 12.3 Å². The van der Waals surface area contributed by atoms with Crippen LogP contribution >= 0.6 is 0 Å². The van der Waals surface area contributed by atoms with Crippen LogP contribution in [-0.2, 0) is 9.47 Å². The van der Waals surface area contributed by atoms with E-state index in [0.29, 0.717) is 12.2 Å². The zero-order chi connectivity index (χ0) is 30.0. The fourth-order valence-corrected chi connectivity index (χ4v) is 4.79. The van der Waals surface area contributed by atoms with Crippen LogP contribution in [0.2, 0.25) is 0 Å². The average Bonchev–Trinajstić information content (AvgIpc) is 3.60. The summed E-state index contributed by atoms with van der Waals surface area (Å²) in [6.45, 7) is 5.30. The van der Waals surface area contributed by atoms with Gasteiger partial charge >= 0.3 is 6.09 Å². The zero-order valence-electron chi connectivity index (χ0n) is 24.2. The number of methoxy groups -OCH3 is 1. The molecule has 1 unspecified atom stereocenters. The quantitative estimate of drug-likeness (QED) is 0.338. The summed E-state index contributed by atoms with van der Waals surface area (Å²) in [5.74, 6) is 0.604. The number of hydrogen-bond donors (Lipinski definition) is 2. The van der Waals surface area contributed by atoms with Gasteiger partial charge in [-0.1, -0.05) is 6.07 Å². The summed E-state index contributed by atoms with van der Waals surface area (Å²) in [7, 11) is 3.20. The molecule has 0 saturated heterocycles. The maximum Gasteiger partial charge on any atom is 0.415 e. The van der Waals surface area contributed by atoms with Crippen molar-refractivity contribution in [3.63, 3.8) is 0 Å². The maximum atomic E-state index is 13.4. The summed E-state index contributed by atoms with van der Waals surface area (Å²) in [4.78, 5) is 49.9. The lowest BCUT2D eigenvalue weighted by Gasteiger charge is -2.25. The molecule has 4 heterocycles. The monoisotopic (exact) mass is 574 g/mol. The smallest absolute Gasteiger partial charge is 0.415 e. The first kappa shape index (κ1) is 28.7. The van der Waals surface area contributed by atoms with Crippen LogP contribution in [0, 0.1) is 0 Å². The van der Waals surface area contributed by atoms with Gasteiger partial charge in [0.1, 0.15) is 34.3 Å². The number of carbonyl (C=O) groups excluding carboxylic acids is 2. The molecule has 5 rings (SSSR count). The van der Waals surface area contributed by atoms with Gasteiger partial charge in [-0.25, -0.2) is 14.8 Å². The second-order valence-corrected chi connectivity index (χ2v) is 11.1. The van der Waals surface area contributed by atoms with Crippen LogP contribution < -0.4 is 21.1 Å². The molecule has 13 heteroatoms. The van der Waals surface area contributed by atoms with Crippen LogP contribution in [0.4, 0.5) is 22.1 Å². The van der Waals surface area contributed by atoms with Crippen molar-refractivity contribution >= 4 is 35.0 Å². The maximum absolute atomic E-state index is 13.4. The number of carbonyl (C=O) groups is 2. The van der Waals surface area contributed by atoms with Gasteiger partial charge in [-0.2, -0.15) is 9.61 Å². The van der Waals surface area contributed by atoms with Crippen LogP contribution in [0.15, 0.2) is 59.8 Å². The highest BCUT2D eigenvalue weighted by molar-refractivity contribution is 6.00. The number of fused-ring (bicyclic) bond motifs is 1. The van der Waals surface area contributed by atoms with Crippen molar-refractivity contribution in [2.45, 2.75) is 57.8 Å². The Balaban J connectivity index is 1.54. The molecule has 2 atom stereocenters. The molecule has 13 nitrogen and oxygen atoms in total. The van der Waals surface area contributed by atoms with Gasteiger partial charge in [0, 0.05) is 38.7 Å². The zero-order valence-corrected chi connectivity index (χ0v) is 24.2. The predicted octanol–water partition coefficient (Wildman–Crippen LogP) is 3.69. The van der Waals surface area contributed by atoms with E-state index in [9.17, 15) is 14.4 Å². The van der Waals surface area contributed by atoms with Gasteiger partial charge in [0.2, 0.25) is 0 Å². The Kier molecular flexibility index (Phi) is 7.94. The van der Waals surface area contributed by atoms with Crippen molar-refractivity contribution in [1.82, 2.24) is 29.5 Å². The molecule has 1 fully saturated rings. The molecule has 4 aromatic heterocycles. The second kappa shape index (κ2) is 11.6. The normalized spacial score (nSPS) is 16.8. The second-order valence-electron chi connectivity index (χ2n) is 11.1. The van der Waals surface area contributed by atoms with E-state index in [2.05, 4.69) is 25.7 Å². The first-order chi connectivity index (χ1) is 20.0. The van der Waals surface area contributed by atoms with E-state index in [4.69, 9.17) is 9.47 Å². The highest BCUT2D eigenvalue weighted by atomic mass is 16.6. The Morgan fingerprint density at radius 3 is 2.64 bits per heavy atom. The first-order valence-electron chi connectivity index (χ1n) is 13.6. The SMILES string of the molecule is CO[C@H]1CCC(NC(=O)c2cnn3c(N(C)C(=O)OC(C)(C)C)cc(Nc4cccn(-c5ccccn5)c4=O)nc23)C1. The number of hydrogen-bond acceptors (Lipinski definition) is 9. The third-order valence-corrected chi connectivity index (χ3v) is 6.87. The van der Waals surface area contributed by atoms with Gasteiger partial charge in [-0.15, -0.1) is 0 Å². The van der Waals surface area contributed by atoms with Crippen molar-refractivity contribution < 1.29 is 19.1 Å². The average molecular weight is 575 g/mol. The molecular formula is C29H34N8O5. The molecule has 42 heavy (non-hydrogen) atoms. The van der Waals surface area contributed by atoms with E-state index in [1.54, 1.807) is 76.7 Å². The highest BCUT2D eigenvalue weighted by Gasteiger charge is 2.29. The minimum Gasteiger partial charge on any atom is -0.443 e. The number of amides is 2. The number of anilines is 3. The summed E-state index contributed by atoms with van der Waals surface area (Å²) in [6, 6.07) is 10.1. The number of rotatable bonds is 7. The summed E-state index contributed by atoms with van der Waals surface area (Å²) in [5.41, 5.74) is -0.467. The molecule has 1 saturated carbocycles. The van der Waals surface area contributed by atoms with Crippen molar-refractivity contribution in [2.75, 3.05) is 24.4 Å². The minimum absolute atomic E-state index is 0.0444. The Hall–Kier alpha value is -4.78. The third kappa shape index (κ3) is 6.10. The fraction of sp³-hybridized carbons (Fsp3) is 0.379. The van der Waals surface area contributed by atoms with Crippen LogP contribution in [0.5, 0.6) is 0 Å². The Morgan fingerprint density at radius 2 is 1.95 bits per heavy atom. The van der Waals surface area contributed by atoms with Crippen LogP contribution in [0.1, 0.15) is 50.4 Å². The molecule has 2 N–H and O–H groups in total. The number of pyridine rings is 2. The number of aromatic nitrogens is 5. The Morgan fingerprint density at radius 1 is 1.14 bits per heavy atom. The molecular weight excluding hydrogens is 540 g/mol. The van der Waals surface area contributed by atoms with Crippen molar-refractivity contribution in [1.29, 1.82) is 0 Å². The van der Waals surface area contributed by atoms with E-state index in [1.165, 1.54) is 27.2 Å². The van der Waals surface area contributed by atoms with Gasteiger partial charge in [0.15, 0.2) is 5.65 Å². The summed E-state index contributed by atoms with van der Waals surface area (Å²) in [6.07, 6.45) is 6.47. The fourth-order valence-electron chi connectivity index (χ4n) is 4.79. The number of nitrogens with one attached hydrogen (secondary N) is 2. The molecule has 0 spiro atoms. The number of nitrogens with zero attached hydrogens (tertiary/aromatic N) is 6. The van der Waals surface area contributed by atoms with Crippen LogP contribution in [0.3, 0.4) is 0 Å². The lowest BCUT2D eigenvalue weighted by molar-refractivity contribution is 0.0587. The summed E-state index contributed by atoms with van der Waals surface area (Å²) in [5, 5.41) is 10.5. The van der Waals surface area contributed by atoms with E-state index in [0.717, 1.165) is 12.8 Å². The Labute approximate surface area is 242 Å². The number of ether oxygens (including phenoxy) is 2.